The molecule has 0 aromatic heterocycles. The van der Waals surface area contributed by atoms with Crippen LogP contribution >= 0.6 is 0 Å². The first-order valence-electron chi connectivity index (χ1n) is 9.66. The van der Waals surface area contributed by atoms with Gasteiger partial charge < -0.3 is 4.74 Å². The average molecular weight is 378 g/mol. The van der Waals surface area contributed by atoms with Gasteiger partial charge >= 0.3 is 5.97 Å². The lowest BCUT2D eigenvalue weighted by atomic mass is 9.55. The minimum Gasteiger partial charge on any atom is -0.458 e. The van der Waals surface area contributed by atoms with E-state index in [-0.39, 0.29) is 16.6 Å². The summed E-state index contributed by atoms with van der Waals surface area (Å²) in [5, 5.41) is 0. The molecule has 4 bridgehead atoms. The number of hydrogen-bond donors (Lipinski definition) is 1. The number of ether oxygens (including phenoxy) is 1. The van der Waals surface area contributed by atoms with E-state index in [1.165, 1.54) is 18.6 Å². The first-order valence-corrected chi connectivity index (χ1v) is 11.1. The van der Waals surface area contributed by atoms with Gasteiger partial charge in [-0.1, -0.05) is 19.4 Å². The quantitative estimate of drug-likeness (QED) is 0.621. The van der Waals surface area contributed by atoms with Crippen LogP contribution in [0.4, 0.5) is 0 Å². The van der Waals surface area contributed by atoms with Gasteiger partial charge in [-0.3, -0.25) is 4.55 Å². The zero-order valence-corrected chi connectivity index (χ0v) is 15.9. The maximum Gasteiger partial charge on any atom is 0.338 e. The highest BCUT2D eigenvalue weighted by atomic mass is 32.2. The molecule has 4 saturated carbocycles. The largest absolute Gasteiger partial charge is 0.458 e. The van der Waals surface area contributed by atoms with Crippen LogP contribution in [0.5, 0.6) is 0 Å². The molecule has 0 heterocycles. The minimum absolute atomic E-state index is 0.0424. The van der Waals surface area contributed by atoms with E-state index in [1.54, 1.807) is 6.07 Å². The van der Waals surface area contributed by atoms with E-state index in [4.69, 9.17) is 4.74 Å². The highest BCUT2D eigenvalue weighted by Crippen LogP contribution is 2.54. The Morgan fingerprint density at radius 1 is 1.12 bits per heavy atom. The van der Waals surface area contributed by atoms with Gasteiger partial charge in [0, 0.05) is 0 Å². The Labute approximate surface area is 154 Å². The second-order valence-electron chi connectivity index (χ2n) is 8.34. The van der Waals surface area contributed by atoms with Crippen LogP contribution in [0, 0.1) is 23.7 Å². The summed E-state index contributed by atoms with van der Waals surface area (Å²) in [6, 6.07) is 4.22. The van der Waals surface area contributed by atoms with Gasteiger partial charge in [-0.2, -0.15) is 8.42 Å². The number of esters is 1. The predicted octanol–water partition coefficient (Wildman–Crippen LogP) is 3.87. The lowest BCUT2D eigenvalue weighted by Crippen LogP contribution is -2.50. The molecule has 0 spiro atoms. The van der Waals surface area contributed by atoms with Crippen molar-refractivity contribution in [3.05, 3.63) is 29.3 Å². The van der Waals surface area contributed by atoms with E-state index in [0.29, 0.717) is 18.3 Å². The van der Waals surface area contributed by atoms with Gasteiger partial charge in [0.25, 0.3) is 10.1 Å². The molecule has 0 saturated heterocycles. The fraction of sp³-hybridized carbons (Fsp3) is 0.650. The Balaban J connectivity index is 1.59. The highest BCUT2D eigenvalue weighted by molar-refractivity contribution is 7.85. The first-order chi connectivity index (χ1) is 12.3. The summed E-state index contributed by atoms with van der Waals surface area (Å²) in [4.78, 5) is 12.7. The Morgan fingerprint density at radius 3 is 2.27 bits per heavy atom. The Hall–Kier alpha value is -1.40. The summed E-state index contributed by atoms with van der Waals surface area (Å²) in [6.07, 6.45) is 7.40. The van der Waals surface area contributed by atoms with Gasteiger partial charge in [0.2, 0.25) is 0 Å². The smallest absolute Gasteiger partial charge is 0.338 e. The van der Waals surface area contributed by atoms with Gasteiger partial charge in [0.1, 0.15) is 6.10 Å². The Kier molecular flexibility index (Phi) is 4.59. The van der Waals surface area contributed by atoms with Crippen molar-refractivity contribution < 1.29 is 22.5 Å². The molecular weight excluding hydrogens is 352 g/mol. The van der Waals surface area contributed by atoms with Crippen LogP contribution in [-0.4, -0.2) is 25.0 Å². The molecule has 4 aliphatic rings. The summed E-state index contributed by atoms with van der Waals surface area (Å²) in [5.74, 6) is 2.05. The topological polar surface area (TPSA) is 80.7 Å². The van der Waals surface area contributed by atoms with E-state index in [0.717, 1.165) is 49.5 Å². The van der Waals surface area contributed by atoms with Crippen LogP contribution < -0.4 is 0 Å². The molecular formula is C20H26O5S. The average Bonchev–Trinajstić information content (AvgIpc) is 2.57. The molecule has 0 atom stereocenters. The third-order valence-electron chi connectivity index (χ3n) is 6.50. The summed E-state index contributed by atoms with van der Waals surface area (Å²) < 4.78 is 38.2. The van der Waals surface area contributed by atoms with Crippen molar-refractivity contribution in [1.29, 1.82) is 0 Å². The molecule has 0 unspecified atom stereocenters. The van der Waals surface area contributed by atoms with E-state index >= 15 is 0 Å². The van der Waals surface area contributed by atoms with Crippen LogP contribution in [0.1, 0.15) is 61.4 Å². The van der Waals surface area contributed by atoms with Crippen LogP contribution in [0.3, 0.4) is 0 Å². The van der Waals surface area contributed by atoms with Gasteiger partial charge in [0.05, 0.1) is 10.5 Å². The summed E-state index contributed by atoms with van der Waals surface area (Å²) in [7, 11) is -4.35. The summed E-state index contributed by atoms with van der Waals surface area (Å²) in [5.41, 5.74) is 1.05. The number of carbonyl (C=O) groups excluding carboxylic acids is 1. The molecule has 5 rings (SSSR count). The molecule has 6 heteroatoms. The minimum atomic E-state index is -4.35. The second kappa shape index (κ2) is 6.64. The molecule has 1 aromatic rings. The van der Waals surface area contributed by atoms with Crippen molar-refractivity contribution in [1.82, 2.24) is 0 Å². The lowest BCUT2D eigenvalue weighted by molar-refractivity contribution is -0.101. The third-order valence-corrected chi connectivity index (χ3v) is 7.35. The fourth-order valence-electron chi connectivity index (χ4n) is 5.65. The van der Waals surface area contributed by atoms with E-state index < -0.39 is 16.1 Å². The summed E-state index contributed by atoms with van der Waals surface area (Å²) >= 11 is 0. The molecule has 1 N–H and O–H groups in total. The molecule has 0 aliphatic heterocycles. The number of rotatable bonds is 5. The monoisotopic (exact) mass is 378 g/mol. The lowest BCUT2D eigenvalue weighted by Gasteiger charge is -2.53. The van der Waals surface area contributed by atoms with Crippen molar-refractivity contribution in [2.24, 2.45) is 23.7 Å². The molecule has 0 radical (unpaired) electrons. The molecule has 1 aromatic carbocycles. The number of aryl methyl sites for hydroxylation is 1. The van der Waals surface area contributed by atoms with E-state index in [9.17, 15) is 17.8 Å². The van der Waals surface area contributed by atoms with Crippen molar-refractivity contribution in [2.45, 2.75) is 62.9 Å². The Bertz CT molecular complexity index is 785. The van der Waals surface area contributed by atoms with Crippen LogP contribution in [0.25, 0.3) is 0 Å². The van der Waals surface area contributed by atoms with Gasteiger partial charge in [-0.25, -0.2) is 4.79 Å². The van der Waals surface area contributed by atoms with Gasteiger partial charge in [0.15, 0.2) is 0 Å². The second-order valence-corrected chi connectivity index (χ2v) is 9.77. The van der Waals surface area contributed by atoms with Crippen LogP contribution in [0.15, 0.2) is 23.1 Å². The molecule has 4 fully saturated rings. The third kappa shape index (κ3) is 3.29. The molecule has 4 aliphatic carbocycles. The highest BCUT2D eigenvalue weighted by Gasteiger charge is 2.50. The normalized spacial score (nSPS) is 32.6. The maximum atomic E-state index is 12.9. The van der Waals surface area contributed by atoms with Crippen molar-refractivity contribution in [3.63, 3.8) is 0 Å². The van der Waals surface area contributed by atoms with E-state index in [2.05, 4.69) is 0 Å². The zero-order chi connectivity index (χ0) is 18.5. The van der Waals surface area contributed by atoms with Gasteiger partial charge in [-0.15, -0.1) is 0 Å². The fourth-order valence-corrected chi connectivity index (χ4v) is 6.15. The molecule has 5 nitrogen and oxygen atoms in total. The summed E-state index contributed by atoms with van der Waals surface area (Å²) in [6.45, 7) is 2.00. The standard InChI is InChI=1S/C20H26O5S/c1-2-3-14-4-5-17(26(22,23)24)11-18(14)20(21)25-19-15-7-12-6-13(9-15)10-16(19)8-12/h4-5,11-13,15-16,19H,2-3,6-10H2,1H3,(H,22,23,24). The molecule has 26 heavy (non-hydrogen) atoms. The SMILES string of the molecule is CCCc1ccc(S(=O)(=O)O)cc1C(=O)OC1C2CC3CC(C2)CC1C3. The van der Waals surface area contributed by atoms with E-state index in [1.807, 2.05) is 6.92 Å². The van der Waals surface area contributed by atoms with Crippen molar-refractivity contribution >= 4 is 16.1 Å². The van der Waals surface area contributed by atoms with Crippen LogP contribution in [0.2, 0.25) is 0 Å². The number of carbonyl (C=O) groups is 1. The number of benzene rings is 1. The number of hydrogen-bond acceptors (Lipinski definition) is 4. The van der Waals surface area contributed by atoms with Crippen LogP contribution in [-0.2, 0) is 21.3 Å². The van der Waals surface area contributed by atoms with Gasteiger partial charge in [-0.05, 0) is 79.9 Å². The molecule has 0 amide bonds. The zero-order valence-electron chi connectivity index (χ0n) is 15.1. The molecule has 142 valence electrons. The van der Waals surface area contributed by atoms with Crippen molar-refractivity contribution in [3.8, 4) is 0 Å². The van der Waals surface area contributed by atoms with Crippen molar-refractivity contribution in [2.75, 3.05) is 0 Å². The predicted molar refractivity (Wildman–Crippen MR) is 96.5 cm³/mol. The maximum absolute atomic E-state index is 12.9. The first kappa shape index (κ1) is 18.0. The Morgan fingerprint density at radius 2 is 1.73 bits per heavy atom.